The minimum absolute atomic E-state index is 0.180. The van der Waals surface area contributed by atoms with Gasteiger partial charge in [-0.3, -0.25) is 14.2 Å². The zero-order chi connectivity index (χ0) is 35.3. The number of nitrogens with one attached hydrogen (secondary N) is 1. The Kier molecular flexibility index (Phi) is 10.7. The lowest BCUT2D eigenvalue weighted by Gasteiger charge is -2.21. The van der Waals surface area contributed by atoms with Crippen LogP contribution in [0.4, 0.5) is 5.69 Å². The number of fused-ring (bicyclic) bond motifs is 1. The number of methoxy groups -OCH3 is 2. The third-order valence-electron chi connectivity index (χ3n) is 8.35. The quantitative estimate of drug-likeness (QED) is 0.191. The largest absolute Gasteiger partial charge is 0.493 e. The molecule has 4 aromatic rings. The van der Waals surface area contributed by atoms with Gasteiger partial charge in [-0.25, -0.2) is 4.98 Å². The first-order chi connectivity index (χ1) is 24.1. The van der Waals surface area contributed by atoms with Crippen LogP contribution in [0.1, 0.15) is 31.9 Å². The maximum atomic E-state index is 13.8. The molecule has 1 aromatic heterocycles. The predicted octanol–water partition coefficient (Wildman–Crippen LogP) is 5.01. The Morgan fingerprint density at radius 3 is 2.30 bits per heavy atom. The van der Waals surface area contributed by atoms with E-state index in [0.29, 0.717) is 55.0 Å². The molecule has 0 bridgehead atoms. The molecule has 2 fully saturated rings. The summed E-state index contributed by atoms with van der Waals surface area (Å²) in [5, 5.41) is 3.15. The van der Waals surface area contributed by atoms with Gasteiger partial charge in [0.05, 0.1) is 40.2 Å². The maximum Gasteiger partial charge on any atom is 0.326 e. The van der Waals surface area contributed by atoms with Crippen LogP contribution in [0.5, 0.6) is 17.2 Å². The van der Waals surface area contributed by atoms with E-state index in [1.54, 1.807) is 65.3 Å². The number of benzene rings is 3. The molecule has 0 amide bonds. The summed E-state index contributed by atoms with van der Waals surface area (Å²) in [4.78, 5) is 31.4. The number of carbonyl (C=O) groups is 1. The van der Waals surface area contributed by atoms with Gasteiger partial charge < -0.3 is 38.5 Å². The van der Waals surface area contributed by atoms with Gasteiger partial charge in [-0.05, 0) is 68.3 Å². The third kappa shape index (κ3) is 8.27. The summed E-state index contributed by atoms with van der Waals surface area (Å²) >= 11 is 0. The van der Waals surface area contributed by atoms with E-state index in [4.69, 9.17) is 33.2 Å². The highest BCUT2D eigenvalue weighted by molar-refractivity contribution is 5.71. The molecule has 2 aliphatic rings. The number of hydrogen-bond donors (Lipinski definition) is 1. The van der Waals surface area contributed by atoms with Crippen molar-refractivity contribution in [3.8, 4) is 28.6 Å². The summed E-state index contributed by atoms with van der Waals surface area (Å²) in [7, 11) is 3.13. The van der Waals surface area contributed by atoms with Gasteiger partial charge in [0.15, 0.2) is 17.6 Å². The van der Waals surface area contributed by atoms with E-state index in [9.17, 15) is 9.59 Å². The molecule has 2 saturated heterocycles. The van der Waals surface area contributed by atoms with Gasteiger partial charge >= 0.3 is 5.97 Å². The van der Waals surface area contributed by atoms with Crippen LogP contribution < -0.4 is 25.1 Å². The van der Waals surface area contributed by atoms with Gasteiger partial charge in [-0.1, -0.05) is 36.4 Å². The smallest absolute Gasteiger partial charge is 0.326 e. The number of rotatable bonds is 13. The topological polar surface area (TPSA) is 129 Å². The molecule has 3 aromatic carbocycles. The van der Waals surface area contributed by atoms with E-state index in [0.717, 1.165) is 11.1 Å². The van der Waals surface area contributed by atoms with E-state index in [2.05, 4.69) is 10.3 Å². The molecule has 1 N–H and O–H groups in total. The number of anilines is 1. The summed E-state index contributed by atoms with van der Waals surface area (Å²) < 4.78 is 42.1. The van der Waals surface area contributed by atoms with Crippen molar-refractivity contribution in [3.63, 3.8) is 0 Å². The lowest BCUT2D eigenvalue weighted by Crippen LogP contribution is -2.35. The fraction of sp³-hybridized carbons (Fsp3) is 0.395. The van der Waals surface area contributed by atoms with Gasteiger partial charge in [0.2, 0.25) is 0 Å². The molecule has 4 atom stereocenters. The number of carbonyl (C=O) groups excluding carboxylic acids is 1. The Morgan fingerprint density at radius 1 is 0.900 bits per heavy atom. The lowest BCUT2D eigenvalue weighted by molar-refractivity contribution is -0.155. The molecule has 0 spiro atoms. The molecule has 12 heteroatoms. The van der Waals surface area contributed by atoms with Gasteiger partial charge in [-0.15, -0.1) is 0 Å². The molecular weight excluding hydrogens is 642 g/mol. The fourth-order valence-electron chi connectivity index (χ4n) is 5.99. The first-order valence-corrected chi connectivity index (χ1v) is 16.5. The molecule has 2 aliphatic heterocycles. The minimum atomic E-state index is -0.726. The summed E-state index contributed by atoms with van der Waals surface area (Å²) in [5.41, 5.74) is 1.66. The molecule has 50 heavy (non-hydrogen) atoms. The molecule has 12 nitrogen and oxygen atoms in total. The van der Waals surface area contributed by atoms with Crippen LogP contribution in [0, 0.1) is 0 Å². The Hall–Kier alpha value is -4.91. The second kappa shape index (κ2) is 15.3. The third-order valence-corrected chi connectivity index (χ3v) is 8.35. The molecule has 6 rings (SSSR count). The van der Waals surface area contributed by atoms with Crippen molar-refractivity contribution < 1.29 is 38.0 Å². The molecule has 3 heterocycles. The second-order valence-electron chi connectivity index (χ2n) is 13.1. The van der Waals surface area contributed by atoms with Crippen LogP contribution >= 0.6 is 0 Å². The number of aromatic nitrogens is 2. The maximum absolute atomic E-state index is 13.8. The zero-order valence-corrected chi connectivity index (χ0v) is 28.9. The first kappa shape index (κ1) is 34.9. The van der Waals surface area contributed by atoms with Crippen LogP contribution in [0.25, 0.3) is 11.4 Å². The molecule has 0 unspecified atom stereocenters. The van der Waals surface area contributed by atoms with Crippen molar-refractivity contribution in [2.75, 3.05) is 32.8 Å². The number of hydrogen-bond acceptors (Lipinski definition) is 11. The van der Waals surface area contributed by atoms with E-state index < -0.39 is 17.1 Å². The lowest BCUT2D eigenvalue weighted by atomic mass is 10.1. The fourth-order valence-corrected chi connectivity index (χ4v) is 5.99. The monoisotopic (exact) mass is 685 g/mol. The van der Waals surface area contributed by atoms with Gasteiger partial charge in [-0.2, -0.15) is 0 Å². The molecular formula is C38H43N3O9. The van der Waals surface area contributed by atoms with Crippen LogP contribution in [-0.4, -0.2) is 73.0 Å². The van der Waals surface area contributed by atoms with Crippen molar-refractivity contribution in [2.24, 2.45) is 0 Å². The van der Waals surface area contributed by atoms with E-state index in [-0.39, 0.29) is 36.6 Å². The Balaban J connectivity index is 1.16. The van der Waals surface area contributed by atoms with Crippen molar-refractivity contribution in [2.45, 2.75) is 70.5 Å². The second-order valence-corrected chi connectivity index (χ2v) is 13.1. The van der Waals surface area contributed by atoms with Gasteiger partial charge in [0.25, 0.3) is 5.56 Å². The summed E-state index contributed by atoms with van der Waals surface area (Å²) in [6.45, 7) is 6.60. The van der Waals surface area contributed by atoms with Crippen molar-refractivity contribution in [1.29, 1.82) is 0 Å². The highest BCUT2D eigenvalue weighted by Crippen LogP contribution is 2.33. The number of esters is 1. The normalized spacial score (nSPS) is 19.9. The van der Waals surface area contributed by atoms with E-state index in [1.165, 1.54) is 10.8 Å². The van der Waals surface area contributed by atoms with Gasteiger partial charge in [0.1, 0.15) is 47.7 Å². The van der Waals surface area contributed by atoms with Crippen molar-refractivity contribution >= 4 is 11.7 Å². The summed E-state index contributed by atoms with van der Waals surface area (Å²) in [6, 6.07) is 22.7. The first-order valence-electron chi connectivity index (χ1n) is 16.5. The van der Waals surface area contributed by atoms with Crippen LogP contribution in [0.2, 0.25) is 0 Å². The van der Waals surface area contributed by atoms with E-state index >= 15 is 0 Å². The van der Waals surface area contributed by atoms with Crippen molar-refractivity contribution in [3.05, 3.63) is 100 Å². The standard InChI is InChI=1S/C38H43N3O9/c1-38(2,3)50-33(42)20-41-36(40-19-28(37(41)43)39-18-25-11-16-29(44-4)30(17-25)45-5)26-12-14-27(15-13-26)49-32-23-48-34-31(22-47-35(32)34)46-21-24-9-7-6-8-10-24/h6-17,19,31-32,34-35,39H,18,20-23H2,1-5H3/t31-,32-,34-,35-/m1/s1. The van der Waals surface area contributed by atoms with Crippen LogP contribution in [-0.2, 0) is 43.4 Å². The highest BCUT2D eigenvalue weighted by Gasteiger charge is 2.49. The zero-order valence-electron chi connectivity index (χ0n) is 28.9. The SMILES string of the molecule is COc1ccc(CNc2cnc(-c3ccc(O[C@@H]4CO[C@H]5[C@@H]4OC[C@H]5OCc4ccccc4)cc3)n(CC(=O)OC(C)(C)C)c2=O)cc1OC. The highest BCUT2D eigenvalue weighted by atomic mass is 16.6. The Bertz CT molecular complexity index is 1820. The van der Waals surface area contributed by atoms with E-state index in [1.807, 2.05) is 42.5 Å². The Morgan fingerprint density at radius 2 is 1.60 bits per heavy atom. The van der Waals surface area contributed by atoms with Crippen LogP contribution in [0.3, 0.4) is 0 Å². The summed E-state index contributed by atoms with van der Waals surface area (Å²) in [5.74, 6) is 1.53. The molecule has 264 valence electrons. The average molecular weight is 686 g/mol. The number of nitrogens with zero attached hydrogens (tertiary/aromatic N) is 2. The summed E-state index contributed by atoms with van der Waals surface area (Å²) in [6.07, 6.45) is 0.512. The van der Waals surface area contributed by atoms with Gasteiger partial charge in [0, 0.05) is 12.1 Å². The average Bonchev–Trinajstić information content (AvgIpc) is 3.70. The van der Waals surface area contributed by atoms with Crippen LogP contribution in [0.15, 0.2) is 83.8 Å². The molecule has 0 radical (unpaired) electrons. The Labute approximate surface area is 291 Å². The molecule has 0 aliphatic carbocycles. The minimum Gasteiger partial charge on any atom is -0.493 e. The predicted molar refractivity (Wildman–Crippen MR) is 186 cm³/mol. The molecule has 0 saturated carbocycles. The number of ether oxygens (including phenoxy) is 7. The van der Waals surface area contributed by atoms with Crippen molar-refractivity contribution in [1.82, 2.24) is 9.55 Å².